The molecule has 2 nitrogen and oxygen atoms in total. The molecule has 2 aromatic heterocycles. The normalized spacial score (nSPS) is 13.2. The highest BCUT2D eigenvalue weighted by atomic mass is 35.5. The van der Waals surface area contributed by atoms with Crippen molar-refractivity contribution in [3.05, 3.63) is 47.0 Å². The van der Waals surface area contributed by atoms with Gasteiger partial charge in [0.05, 0.1) is 5.02 Å². The lowest BCUT2D eigenvalue weighted by atomic mass is 10.1. The number of rotatable bonds is 4. The SMILES string of the molecule is CC(C)c1ccn(CC(C)c2c[nH]cc2Cl)c1. The average molecular weight is 251 g/mol. The molecular weight excluding hydrogens is 232 g/mol. The molecule has 1 unspecified atom stereocenters. The van der Waals surface area contributed by atoms with Gasteiger partial charge in [0.2, 0.25) is 0 Å². The standard InChI is InChI=1S/C14H19ClN2/c1-10(2)12-4-5-17(9-12)8-11(3)13-6-16-7-14(13)15/h4-7,9-11,16H,8H2,1-3H3. The van der Waals surface area contributed by atoms with Gasteiger partial charge in [0.15, 0.2) is 0 Å². The predicted molar refractivity (Wildman–Crippen MR) is 72.7 cm³/mol. The molecule has 0 saturated carbocycles. The summed E-state index contributed by atoms with van der Waals surface area (Å²) in [6, 6.07) is 2.19. The molecule has 0 bridgehead atoms. The van der Waals surface area contributed by atoms with E-state index in [9.17, 15) is 0 Å². The minimum atomic E-state index is 0.418. The van der Waals surface area contributed by atoms with E-state index in [0.717, 1.165) is 11.6 Å². The van der Waals surface area contributed by atoms with E-state index in [-0.39, 0.29) is 0 Å². The molecule has 0 fully saturated rings. The molecule has 2 heterocycles. The van der Waals surface area contributed by atoms with Crippen LogP contribution in [0, 0.1) is 0 Å². The second-order valence-corrected chi connectivity index (χ2v) is 5.36. The number of halogens is 1. The molecule has 92 valence electrons. The first-order chi connectivity index (χ1) is 8.08. The fraction of sp³-hybridized carbons (Fsp3) is 0.429. The zero-order valence-corrected chi connectivity index (χ0v) is 11.3. The first-order valence-corrected chi connectivity index (χ1v) is 6.43. The first kappa shape index (κ1) is 12.3. The third-order valence-corrected chi connectivity index (χ3v) is 3.51. The molecule has 2 rings (SSSR count). The lowest BCUT2D eigenvalue weighted by Gasteiger charge is -2.11. The quantitative estimate of drug-likeness (QED) is 0.831. The summed E-state index contributed by atoms with van der Waals surface area (Å²) in [5, 5.41) is 0.828. The summed E-state index contributed by atoms with van der Waals surface area (Å²) in [6.07, 6.45) is 8.19. The molecule has 0 radical (unpaired) electrons. The highest BCUT2D eigenvalue weighted by molar-refractivity contribution is 6.31. The number of H-pyrrole nitrogens is 1. The van der Waals surface area contributed by atoms with Crippen molar-refractivity contribution in [3.63, 3.8) is 0 Å². The van der Waals surface area contributed by atoms with E-state index >= 15 is 0 Å². The maximum atomic E-state index is 6.12. The van der Waals surface area contributed by atoms with Gasteiger partial charge in [0.25, 0.3) is 0 Å². The third-order valence-electron chi connectivity index (χ3n) is 3.18. The average Bonchev–Trinajstić information content (AvgIpc) is 2.86. The highest BCUT2D eigenvalue weighted by Gasteiger charge is 2.11. The lowest BCUT2D eigenvalue weighted by Crippen LogP contribution is -2.04. The zero-order chi connectivity index (χ0) is 12.4. The number of aromatic amines is 1. The van der Waals surface area contributed by atoms with E-state index in [1.807, 2.05) is 12.4 Å². The van der Waals surface area contributed by atoms with Crippen molar-refractivity contribution in [1.82, 2.24) is 9.55 Å². The minimum Gasteiger partial charge on any atom is -0.366 e. The van der Waals surface area contributed by atoms with Crippen molar-refractivity contribution in [3.8, 4) is 0 Å². The fourth-order valence-electron chi connectivity index (χ4n) is 2.06. The molecule has 0 saturated heterocycles. The van der Waals surface area contributed by atoms with Gasteiger partial charge in [0.1, 0.15) is 0 Å². The maximum absolute atomic E-state index is 6.12. The largest absolute Gasteiger partial charge is 0.366 e. The third kappa shape index (κ3) is 2.75. The Labute approximate surface area is 108 Å². The van der Waals surface area contributed by atoms with Crippen molar-refractivity contribution in [2.24, 2.45) is 0 Å². The predicted octanol–water partition coefficient (Wildman–Crippen LogP) is 4.40. The molecule has 0 amide bonds. The summed E-state index contributed by atoms with van der Waals surface area (Å²) in [6.45, 7) is 7.59. The molecule has 1 atom stereocenters. The van der Waals surface area contributed by atoms with Gasteiger partial charge in [-0.25, -0.2) is 0 Å². The second-order valence-electron chi connectivity index (χ2n) is 4.96. The van der Waals surface area contributed by atoms with Crippen LogP contribution < -0.4 is 0 Å². The van der Waals surface area contributed by atoms with Gasteiger partial charge in [-0.1, -0.05) is 32.4 Å². The Kier molecular flexibility index (Phi) is 3.63. The number of nitrogens with one attached hydrogen (secondary N) is 1. The van der Waals surface area contributed by atoms with E-state index in [4.69, 9.17) is 11.6 Å². The molecule has 0 aliphatic heterocycles. The van der Waals surface area contributed by atoms with Crippen molar-refractivity contribution in [2.75, 3.05) is 0 Å². The van der Waals surface area contributed by atoms with E-state index < -0.39 is 0 Å². The summed E-state index contributed by atoms with van der Waals surface area (Å²) in [4.78, 5) is 3.05. The number of nitrogens with zero attached hydrogens (tertiary/aromatic N) is 1. The second kappa shape index (κ2) is 5.01. The van der Waals surface area contributed by atoms with Gasteiger partial charge in [-0.3, -0.25) is 0 Å². The molecule has 0 aliphatic rings. The number of hydrogen-bond acceptors (Lipinski definition) is 0. The van der Waals surface area contributed by atoms with Crippen LogP contribution in [0.1, 0.15) is 43.7 Å². The van der Waals surface area contributed by atoms with Gasteiger partial charge >= 0.3 is 0 Å². The highest BCUT2D eigenvalue weighted by Crippen LogP contribution is 2.25. The first-order valence-electron chi connectivity index (χ1n) is 6.05. The van der Waals surface area contributed by atoms with Crippen LogP contribution in [0.5, 0.6) is 0 Å². The molecule has 0 aliphatic carbocycles. The zero-order valence-electron chi connectivity index (χ0n) is 10.6. The van der Waals surface area contributed by atoms with Gasteiger partial charge < -0.3 is 9.55 Å². The number of aromatic nitrogens is 2. The molecule has 17 heavy (non-hydrogen) atoms. The van der Waals surface area contributed by atoms with Crippen molar-refractivity contribution >= 4 is 11.6 Å². The Bertz CT molecular complexity index is 482. The number of hydrogen-bond donors (Lipinski definition) is 1. The van der Waals surface area contributed by atoms with Gasteiger partial charge in [0, 0.05) is 37.3 Å². The Balaban J connectivity index is 2.08. The Morgan fingerprint density at radius 1 is 1.29 bits per heavy atom. The minimum absolute atomic E-state index is 0.418. The van der Waals surface area contributed by atoms with Crippen LogP contribution in [0.4, 0.5) is 0 Å². The van der Waals surface area contributed by atoms with E-state index in [0.29, 0.717) is 11.8 Å². The van der Waals surface area contributed by atoms with Crippen molar-refractivity contribution in [2.45, 2.75) is 39.2 Å². The van der Waals surface area contributed by atoms with Crippen LogP contribution in [0.15, 0.2) is 30.9 Å². The smallest absolute Gasteiger partial charge is 0.0615 e. The lowest BCUT2D eigenvalue weighted by molar-refractivity contribution is 0.599. The van der Waals surface area contributed by atoms with Gasteiger partial charge in [-0.15, -0.1) is 0 Å². The summed E-state index contributed by atoms with van der Waals surface area (Å²) in [5.41, 5.74) is 2.57. The fourth-order valence-corrected chi connectivity index (χ4v) is 2.37. The molecule has 0 aromatic carbocycles. The van der Waals surface area contributed by atoms with E-state index in [1.54, 1.807) is 0 Å². The molecular formula is C14H19ClN2. The van der Waals surface area contributed by atoms with E-state index in [1.165, 1.54) is 11.1 Å². The van der Waals surface area contributed by atoms with Gasteiger partial charge in [-0.2, -0.15) is 0 Å². The van der Waals surface area contributed by atoms with Gasteiger partial charge in [-0.05, 0) is 23.1 Å². The van der Waals surface area contributed by atoms with Crippen molar-refractivity contribution < 1.29 is 0 Å². The Morgan fingerprint density at radius 3 is 2.59 bits per heavy atom. The van der Waals surface area contributed by atoms with Crippen LogP contribution in [-0.2, 0) is 6.54 Å². The maximum Gasteiger partial charge on any atom is 0.0615 e. The van der Waals surface area contributed by atoms with Crippen LogP contribution in [0.3, 0.4) is 0 Å². The van der Waals surface area contributed by atoms with Crippen molar-refractivity contribution in [1.29, 1.82) is 0 Å². The van der Waals surface area contributed by atoms with Crippen LogP contribution in [0.2, 0.25) is 5.02 Å². The Morgan fingerprint density at radius 2 is 2.06 bits per heavy atom. The molecule has 3 heteroatoms. The van der Waals surface area contributed by atoms with Crippen LogP contribution >= 0.6 is 11.6 Å². The van der Waals surface area contributed by atoms with Crippen LogP contribution in [-0.4, -0.2) is 9.55 Å². The summed E-state index contributed by atoms with van der Waals surface area (Å²) in [7, 11) is 0. The van der Waals surface area contributed by atoms with E-state index in [2.05, 4.69) is 48.8 Å². The summed E-state index contributed by atoms with van der Waals surface area (Å²) < 4.78 is 2.24. The monoisotopic (exact) mass is 250 g/mol. The molecule has 1 N–H and O–H groups in total. The summed E-state index contributed by atoms with van der Waals surface area (Å²) in [5.74, 6) is 1.00. The van der Waals surface area contributed by atoms with Crippen LogP contribution in [0.25, 0.3) is 0 Å². The summed E-state index contributed by atoms with van der Waals surface area (Å²) >= 11 is 6.12. The topological polar surface area (TPSA) is 20.7 Å². The molecule has 2 aromatic rings. The molecule has 0 spiro atoms. The Hall–Kier alpha value is -1.15.